The lowest BCUT2D eigenvalue weighted by molar-refractivity contribution is -0.707. The maximum atomic E-state index is 13.5. The summed E-state index contributed by atoms with van der Waals surface area (Å²) >= 11 is 0. The van der Waals surface area contributed by atoms with Crippen LogP contribution in [0, 0.1) is 12.1 Å². The minimum atomic E-state index is -4.72. The Bertz CT molecular complexity index is 1590. The van der Waals surface area contributed by atoms with E-state index in [1.807, 2.05) is 6.92 Å². The summed E-state index contributed by atoms with van der Waals surface area (Å²) in [5.41, 5.74) is 0.492. The van der Waals surface area contributed by atoms with Crippen molar-refractivity contribution in [1.82, 2.24) is 19.5 Å². The monoisotopic (exact) mass is 642 g/mol. The van der Waals surface area contributed by atoms with Crippen LogP contribution in [-0.4, -0.2) is 66.7 Å². The molecule has 18 heteroatoms. The van der Waals surface area contributed by atoms with Gasteiger partial charge in [-0.2, -0.15) is 18.3 Å². The predicted molar refractivity (Wildman–Crippen MR) is 146 cm³/mol. The van der Waals surface area contributed by atoms with Gasteiger partial charge in [0.25, 0.3) is 16.3 Å². The molecular formula is C26H29F3N6O8S. The molecule has 0 saturated heterocycles. The summed E-state index contributed by atoms with van der Waals surface area (Å²) in [6.45, 7) is 4.08. The number of rotatable bonds is 12. The van der Waals surface area contributed by atoms with E-state index in [4.69, 9.17) is 14.3 Å². The summed E-state index contributed by atoms with van der Waals surface area (Å²) in [5, 5.41) is 19.7. The summed E-state index contributed by atoms with van der Waals surface area (Å²) < 4.78 is 78.0. The number of esters is 1. The highest BCUT2D eigenvalue weighted by Gasteiger charge is 2.35. The number of amides is 1. The van der Waals surface area contributed by atoms with Crippen LogP contribution in [0.3, 0.4) is 0 Å². The van der Waals surface area contributed by atoms with Gasteiger partial charge in [-0.05, 0) is 37.3 Å². The maximum Gasteiger partial charge on any atom is 0.435 e. The number of hydrazine groups is 1. The van der Waals surface area contributed by atoms with Crippen molar-refractivity contribution < 1.29 is 50.5 Å². The molecule has 0 spiro atoms. The number of ether oxygens (including phenoxy) is 2. The quantitative estimate of drug-likeness (QED) is 0.0988. The zero-order valence-corrected chi connectivity index (χ0v) is 24.8. The number of sulfonamides is 1. The Balaban J connectivity index is 1.63. The number of alkyl halides is 3. The Labute approximate surface area is 250 Å². The molecule has 238 valence electrons. The fourth-order valence-electron chi connectivity index (χ4n) is 3.43. The van der Waals surface area contributed by atoms with Crippen molar-refractivity contribution in [1.29, 1.82) is 0 Å². The van der Waals surface area contributed by atoms with Gasteiger partial charge in [0.1, 0.15) is 13.2 Å². The third-order valence-corrected chi connectivity index (χ3v) is 7.08. The Morgan fingerprint density at radius 2 is 1.80 bits per heavy atom. The van der Waals surface area contributed by atoms with E-state index in [0.29, 0.717) is 5.56 Å². The van der Waals surface area contributed by atoms with Crippen LogP contribution in [0.2, 0.25) is 0 Å². The van der Waals surface area contributed by atoms with Crippen molar-refractivity contribution in [3.8, 4) is 16.9 Å². The second kappa shape index (κ2) is 14.1. The maximum absolute atomic E-state index is 13.5. The number of halogens is 3. The molecule has 0 aliphatic rings. The van der Waals surface area contributed by atoms with Crippen LogP contribution in [0.25, 0.3) is 16.9 Å². The molecule has 0 radical (unpaired) electrons. The number of nitrogens with zero attached hydrogens (tertiary/aromatic N) is 5. The number of aromatic nitrogens is 2. The normalized spacial score (nSPS) is 12.8. The van der Waals surface area contributed by atoms with Gasteiger partial charge in [0.05, 0.1) is 28.3 Å². The molecule has 1 atom stereocenters. The van der Waals surface area contributed by atoms with Gasteiger partial charge in [-0.1, -0.05) is 36.8 Å². The zero-order chi connectivity index (χ0) is 32.7. The van der Waals surface area contributed by atoms with E-state index >= 15 is 0 Å². The topological polar surface area (TPSA) is 167 Å². The minimum absolute atomic E-state index is 0.00262. The number of aryl methyl sites for hydroxylation is 1. The lowest BCUT2D eigenvalue weighted by Crippen LogP contribution is -2.35. The van der Waals surface area contributed by atoms with Crippen LogP contribution in [0.5, 0.6) is 0 Å². The standard InChI is InChI=1S/C26H29F3N6O8S/c1-5-24(36)42-18(3)43-32-35(38)33(4)14-15-41-25(37)31-44(39,40)21-12-10-20(11-13-21)34-22(16-23(30-34)26(27,28)29)19-8-6-17(2)7-9-19/h6-13,16,18H,5,14-15H2,1-4H3,(H,31,37)/b35-32-. The summed E-state index contributed by atoms with van der Waals surface area (Å²) in [5.74, 6) is -0.562. The van der Waals surface area contributed by atoms with E-state index in [-0.39, 0.29) is 34.2 Å². The first-order valence-corrected chi connectivity index (χ1v) is 14.4. The van der Waals surface area contributed by atoms with Crippen LogP contribution in [-0.2, 0) is 35.3 Å². The predicted octanol–water partition coefficient (Wildman–Crippen LogP) is 4.32. The van der Waals surface area contributed by atoms with Crippen molar-refractivity contribution in [3.05, 3.63) is 71.1 Å². The first-order valence-electron chi connectivity index (χ1n) is 12.9. The van der Waals surface area contributed by atoms with E-state index < -0.39 is 46.9 Å². The molecule has 1 aromatic heterocycles. The van der Waals surface area contributed by atoms with Gasteiger partial charge in [-0.15, -0.1) is 5.01 Å². The molecule has 0 aliphatic heterocycles. The van der Waals surface area contributed by atoms with E-state index in [9.17, 15) is 36.4 Å². The minimum Gasteiger partial charge on any atom is -0.569 e. The molecule has 44 heavy (non-hydrogen) atoms. The zero-order valence-electron chi connectivity index (χ0n) is 23.9. The number of benzene rings is 2. The molecule has 2 aromatic carbocycles. The van der Waals surface area contributed by atoms with Crippen molar-refractivity contribution in [2.45, 2.75) is 44.6 Å². The van der Waals surface area contributed by atoms with Crippen molar-refractivity contribution in [3.63, 3.8) is 0 Å². The number of hydrogen-bond donors (Lipinski definition) is 1. The number of carbonyl (C=O) groups is 2. The fourth-order valence-corrected chi connectivity index (χ4v) is 4.32. The highest BCUT2D eigenvalue weighted by atomic mass is 32.2. The Kier molecular flexibility index (Phi) is 10.8. The molecular weight excluding hydrogens is 613 g/mol. The third kappa shape index (κ3) is 9.06. The van der Waals surface area contributed by atoms with Crippen LogP contribution in [0.4, 0.5) is 18.0 Å². The van der Waals surface area contributed by atoms with E-state index in [0.717, 1.165) is 33.5 Å². The first-order chi connectivity index (χ1) is 20.6. The van der Waals surface area contributed by atoms with Crippen LogP contribution >= 0.6 is 0 Å². The van der Waals surface area contributed by atoms with Gasteiger partial charge < -0.3 is 14.7 Å². The molecule has 1 unspecified atom stereocenters. The molecule has 1 heterocycles. The van der Waals surface area contributed by atoms with Gasteiger partial charge in [0.2, 0.25) is 5.28 Å². The summed E-state index contributed by atoms with van der Waals surface area (Å²) in [7, 11) is -3.17. The summed E-state index contributed by atoms with van der Waals surface area (Å²) in [4.78, 5) is 27.6. The fraction of sp³-hybridized carbons (Fsp3) is 0.346. The second-order valence-corrected chi connectivity index (χ2v) is 10.8. The molecule has 1 amide bonds. The molecule has 3 aromatic rings. The molecule has 0 aliphatic carbocycles. The summed E-state index contributed by atoms with van der Waals surface area (Å²) in [6, 6.07) is 12.3. The molecule has 0 saturated carbocycles. The van der Waals surface area contributed by atoms with Gasteiger partial charge >= 0.3 is 18.2 Å². The smallest absolute Gasteiger partial charge is 0.435 e. The highest BCUT2D eigenvalue weighted by molar-refractivity contribution is 7.90. The Hall–Kier alpha value is -4.87. The van der Waals surface area contributed by atoms with Crippen LogP contribution in [0.15, 0.2) is 64.8 Å². The van der Waals surface area contributed by atoms with Crippen LogP contribution < -0.4 is 4.72 Å². The number of likely N-dealkylation sites (N-methyl/N-ethyl adjacent to an activating group) is 1. The van der Waals surface area contributed by atoms with Crippen molar-refractivity contribution >= 4 is 22.1 Å². The second-order valence-electron chi connectivity index (χ2n) is 9.16. The number of hydrogen-bond acceptors (Lipinski definition) is 10. The molecule has 14 nitrogen and oxygen atoms in total. The SMILES string of the molecule is CCC(=O)OC(C)O/N=[N+](\[O-])N(C)CCOC(=O)NS(=O)(=O)c1ccc(-n2nc(C(F)(F)F)cc2-c2ccc(C)cc2)cc1. The van der Waals surface area contributed by atoms with E-state index in [1.54, 1.807) is 35.9 Å². The Morgan fingerprint density at radius 1 is 1.16 bits per heavy atom. The van der Waals surface area contributed by atoms with Gasteiger partial charge in [0, 0.05) is 18.9 Å². The van der Waals surface area contributed by atoms with E-state index in [2.05, 4.69) is 10.4 Å². The number of nitrogens with one attached hydrogen (secondary N) is 1. The molecule has 3 rings (SSSR count). The first kappa shape index (κ1) is 33.6. The lowest BCUT2D eigenvalue weighted by atomic mass is 10.1. The average molecular weight is 643 g/mol. The third-order valence-electron chi connectivity index (χ3n) is 5.75. The van der Waals surface area contributed by atoms with Crippen molar-refractivity contribution in [2.24, 2.45) is 5.28 Å². The lowest BCUT2D eigenvalue weighted by Gasteiger charge is -2.14. The van der Waals surface area contributed by atoms with Crippen LogP contribution in [0.1, 0.15) is 31.5 Å². The van der Waals surface area contributed by atoms with Gasteiger partial charge in [0.15, 0.2) is 5.69 Å². The average Bonchev–Trinajstić information content (AvgIpc) is 3.42. The Morgan fingerprint density at radius 3 is 2.39 bits per heavy atom. The largest absolute Gasteiger partial charge is 0.569 e. The molecule has 1 N–H and O–H groups in total. The molecule has 0 bridgehead atoms. The summed E-state index contributed by atoms with van der Waals surface area (Å²) in [6.07, 6.45) is -7.09. The number of carbonyl (C=O) groups excluding carboxylic acids is 2. The van der Waals surface area contributed by atoms with Gasteiger partial charge in [-0.25, -0.2) is 22.6 Å². The molecule has 0 fully saturated rings. The highest BCUT2D eigenvalue weighted by Crippen LogP contribution is 2.33. The van der Waals surface area contributed by atoms with Gasteiger partial charge in [-0.3, -0.25) is 9.63 Å². The van der Waals surface area contributed by atoms with Crippen molar-refractivity contribution in [2.75, 3.05) is 20.2 Å². The van der Waals surface area contributed by atoms with E-state index in [1.165, 1.54) is 26.1 Å².